The van der Waals surface area contributed by atoms with E-state index in [-0.39, 0.29) is 37.2 Å². The van der Waals surface area contributed by atoms with Gasteiger partial charge >= 0.3 is 0 Å². The second kappa shape index (κ2) is 57.1. The van der Waals surface area contributed by atoms with Gasteiger partial charge in [-0.2, -0.15) is 0 Å². The third kappa shape index (κ3) is 64.0. The van der Waals surface area contributed by atoms with Crippen LogP contribution in [0.25, 0.3) is 5.43 Å². The van der Waals surface area contributed by atoms with E-state index in [1.54, 1.807) is 0 Å². The fraction of sp³-hybridized carbons (Fsp3) is 1.00. The first-order valence-corrected chi connectivity index (χ1v) is 19.4. The number of aliphatic hydroxyl groups is 1. The minimum Gasteiger partial charge on any atom is -0.597 e. The van der Waals surface area contributed by atoms with Crippen LogP contribution in [-0.2, 0) is 0 Å². The molecule has 0 aromatic heterocycles. The van der Waals surface area contributed by atoms with Crippen LogP contribution in [0.4, 0.5) is 0 Å². The van der Waals surface area contributed by atoms with E-state index in [1.807, 2.05) is 20.8 Å². The Balaban J connectivity index is -0.000000131. The van der Waals surface area contributed by atoms with E-state index in [0.717, 1.165) is 37.8 Å². The first kappa shape index (κ1) is 58.0. The van der Waals surface area contributed by atoms with Gasteiger partial charge in [-0.05, 0) is 58.2 Å². The number of nitrogens with one attached hydrogen (secondary N) is 1. The van der Waals surface area contributed by atoms with Crippen molar-refractivity contribution in [1.29, 1.82) is 0 Å². The molecule has 0 radical (unpaired) electrons. The molecule has 7 heteroatoms. The molecular formula is C38H90N5OU-. The van der Waals surface area contributed by atoms with Gasteiger partial charge in [-0.1, -0.05) is 159 Å². The van der Waals surface area contributed by atoms with Crippen LogP contribution in [-0.4, -0.2) is 62.9 Å². The Morgan fingerprint density at radius 2 is 0.978 bits per heavy atom. The van der Waals surface area contributed by atoms with Crippen molar-refractivity contribution in [3.05, 3.63) is 5.43 Å². The molecule has 0 saturated carbocycles. The molecule has 0 aliphatic heterocycles. The Morgan fingerprint density at radius 1 is 0.622 bits per heavy atom. The molecule has 0 spiro atoms. The number of hydrogen-bond donors (Lipinski definition) is 4. The molecule has 0 aliphatic rings. The van der Waals surface area contributed by atoms with E-state index in [0.29, 0.717) is 6.54 Å². The maximum atomic E-state index is 9.63. The summed E-state index contributed by atoms with van der Waals surface area (Å²) in [4.78, 5) is 2.55. The number of nitrogens with zero attached hydrogens (tertiary/aromatic N) is 2. The first-order valence-electron chi connectivity index (χ1n) is 19.4. The fourth-order valence-electron chi connectivity index (χ4n) is 4.91. The number of unbranched alkanes of at least 4 members (excludes halogenated alkanes) is 12. The van der Waals surface area contributed by atoms with Crippen molar-refractivity contribution in [3.63, 3.8) is 0 Å². The van der Waals surface area contributed by atoms with E-state index in [4.69, 9.17) is 5.73 Å². The van der Waals surface area contributed by atoms with Gasteiger partial charge in [-0.3, -0.25) is 0 Å². The molecule has 0 heterocycles. The van der Waals surface area contributed by atoms with Gasteiger partial charge in [0.25, 0.3) is 0 Å². The zero-order chi connectivity index (χ0) is 34.7. The first-order chi connectivity index (χ1) is 21.3. The molecule has 0 saturated heterocycles. The van der Waals surface area contributed by atoms with Crippen molar-refractivity contribution in [1.82, 2.24) is 10.3 Å². The molecule has 0 aliphatic carbocycles. The summed E-state index contributed by atoms with van der Waals surface area (Å²) in [5.41, 5.74) is 16.5. The van der Waals surface area contributed by atoms with Crippen molar-refractivity contribution in [2.75, 3.05) is 46.8 Å². The Morgan fingerprint density at radius 3 is 1.33 bits per heavy atom. The average molecular weight is 871 g/mol. The third-order valence-electron chi connectivity index (χ3n) is 7.39. The van der Waals surface area contributed by atoms with Gasteiger partial charge in [0.05, 0.1) is 6.10 Å². The molecule has 45 heavy (non-hydrogen) atoms. The minimum atomic E-state index is -0.231. The SMILES string of the molecule is CC.CCCCCC(C)CN(C)CC(C)CCCCC.CCCCCCCCCCC(O)CN[N-]CC.CCCCN.CN.[U]. The summed E-state index contributed by atoms with van der Waals surface area (Å²) in [5.74, 6) is 1.73. The van der Waals surface area contributed by atoms with E-state index in [9.17, 15) is 5.11 Å². The normalized spacial score (nSPS) is 12.1. The van der Waals surface area contributed by atoms with Gasteiger partial charge < -0.3 is 32.3 Å². The molecule has 0 fully saturated rings. The number of aliphatic hydroxyl groups excluding tert-OH is 1. The second-order valence-electron chi connectivity index (χ2n) is 12.3. The summed E-state index contributed by atoms with van der Waals surface area (Å²) in [6, 6.07) is 0. The zero-order valence-corrected chi connectivity index (χ0v) is 37.4. The minimum absolute atomic E-state index is 0. The monoisotopic (exact) mass is 871 g/mol. The van der Waals surface area contributed by atoms with Crippen LogP contribution in [0.2, 0.25) is 0 Å². The van der Waals surface area contributed by atoms with Crippen LogP contribution in [0.3, 0.4) is 0 Å². The standard InChI is InChI=1S/C17H37N.C14H31N2O.C4H11N.C2H6.CH5N.U/c1-6-8-10-12-16(3)14-18(5)15-17(4)13-11-9-7-2;1-3-5-6-7-8-9-10-11-12-14(17)13-16-15-4-2;1-2-3-4-5;2*1-2;/h16-17H,6-15H2,1-5H3;14,16-17H,3-13H2,1-2H3;2-5H2,1H3;1-2H3;2H2,1H3;/q;-1;;;;. The van der Waals surface area contributed by atoms with Gasteiger partial charge in [-0.25, -0.2) is 0 Å². The van der Waals surface area contributed by atoms with Crippen molar-refractivity contribution in [3.8, 4) is 0 Å². The molecule has 6 nitrogen and oxygen atoms in total. The topological polar surface area (TPSA) is 102 Å². The zero-order valence-electron chi connectivity index (χ0n) is 33.2. The Labute approximate surface area is 310 Å². The molecule has 0 rings (SSSR count). The van der Waals surface area contributed by atoms with E-state index < -0.39 is 0 Å². The summed E-state index contributed by atoms with van der Waals surface area (Å²) in [6.07, 6.45) is 24.8. The maximum Gasteiger partial charge on any atom is 0.0650 e. The Bertz CT molecular complexity index is 415. The molecular weight excluding hydrogens is 780 g/mol. The Kier molecular flexibility index (Phi) is 73.7. The number of rotatable bonds is 27. The summed E-state index contributed by atoms with van der Waals surface area (Å²) < 4.78 is 0. The van der Waals surface area contributed by atoms with Gasteiger partial charge in [0.15, 0.2) is 0 Å². The molecule has 0 bridgehead atoms. The average Bonchev–Trinajstić information content (AvgIpc) is 3.02. The van der Waals surface area contributed by atoms with Gasteiger partial charge in [-0.15, -0.1) is 6.54 Å². The predicted molar refractivity (Wildman–Crippen MR) is 205 cm³/mol. The third-order valence-corrected chi connectivity index (χ3v) is 7.39. The van der Waals surface area contributed by atoms with Crippen molar-refractivity contribution < 1.29 is 36.2 Å². The summed E-state index contributed by atoms with van der Waals surface area (Å²) in [5, 5.41) is 9.63. The van der Waals surface area contributed by atoms with Crippen LogP contribution < -0.4 is 16.9 Å². The smallest absolute Gasteiger partial charge is 0.0650 e. The van der Waals surface area contributed by atoms with Crippen LogP contribution in [0, 0.1) is 42.9 Å². The van der Waals surface area contributed by atoms with E-state index >= 15 is 0 Å². The van der Waals surface area contributed by atoms with E-state index in [1.165, 1.54) is 129 Å². The second-order valence-corrected chi connectivity index (χ2v) is 12.3. The van der Waals surface area contributed by atoms with Crippen LogP contribution in [0.1, 0.15) is 184 Å². The molecule has 0 aromatic carbocycles. The molecule has 278 valence electrons. The number of nitrogens with two attached hydrogens (primary N) is 2. The van der Waals surface area contributed by atoms with Gasteiger partial charge in [0, 0.05) is 50.7 Å². The fourth-order valence-corrected chi connectivity index (χ4v) is 4.91. The summed E-state index contributed by atoms with van der Waals surface area (Å²) >= 11 is 0. The summed E-state index contributed by atoms with van der Waals surface area (Å²) in [6.45, 7) is 24.5. The molecule has 3 unspecified atom stereocenters. The molecule has 0 amide bonds. The largest absolute Gasteiger partial charge is 0.597 e. The molecule has 0 aromatic rings. The van der Waals surface area contributed by atoms with Crippen molar-refractivity contribution in [2.45, 2.75) is 190 Å². The Hall–Kier alpha value is 0.812. The van der Waals surface area contributed by atoms with Gasteiger partial charge in [0.2, 0.25) is 0 Å². The molecule has 6 N–H and O–H groups in total. The van der Waals surface area contributed by atoms with Gasteiger partial charge in [0.1, 0.15) is 0 Å². The van der Waals surface area contributed by atoms with Crippen LogP contribution in [0.15, 0.2) is 0 Å². The van der Waals surface area contributed by atoms with Crippen molar-refractivity contribution >= 4 is 0 Å². The molecule has 3 atom stereocenters. The predicted octanol–water partition coefficient (Wildman–Crippen LogP) is 10.5. The quantitative estimate of drug-likeness (QED) is 0.0487. The van der Waals surface area contributed by atoms with Crippen LogP contribution in [0.5, 0.6) is 0 Å². The maximum absolute atomic E-state index is 9.63. The number of hydrogen-bond acceptors (Lipinski definition) is 5. The van der Waals surface area contributed by atoms with Crippen LogP contribution >= 0.6 is 0 Å². The van der Waals surface area contributed by atoms with E-state index in [2.05, 4.69) is 70.1 Å². The van der Waals surface area contributed by atoms with Crippen molar-refractivity contribution in [2.24, 2.45) is 23.3 Å². The summed E-state index contributed by atoms with van der Waals surface area (Å²) in [7, 11) is 3.80.